The number of nitrogens with zero attached hydrogens (tertiary/aromatic N) is 1. The van der Waals surface area contributed by atoms with E-state index in [0.29, 0.717) is 5.56 Å². The average molecular weight is 312 g/mol. The summed E-state index contributed by atoms with van der Waals surface area (Å²) in [6.07, 6.45) is -0.701. The Bertz CT molecular complexity index is 662. The summed E-state index contributed by atoms with van der Waals surface area (Å²) in [5.41, 5.74) is -0.692. The van der Waals surface area contributed by atoms with Gasteiger partial charge < -0.3 is 14.6 Å². The quantitative estimate of drug-likeness (QED) is 0.738. The molecule has 0 spiro atoms. The molecule has 22 heavy (non-hydrogen) atoms. The smallest absolute Gasteiger partial charge is 0.330 e. The van der Waals surface area contributed by atoms with Gasteiger partial charge in [-0.05, 0) is 6.92 Å². The second-order valence-corrected chi connectivity index (χ2v) is 5.70. The number of hydrogen-bond donors (Lipinski definition) is 2. The predicted octanol–water partition coefficient (Wildman–Crippen LogP) is -0.307. The van der Waals surface area contributed by atoms with Crippen LogP contribution in [0.25, 0.3) is 0 Å². The fourth-order valence-corrected chi connectivity index (χ4v) is 2.17. The number of carbonyl (C=O) groups excluding carboxylic acids is 1. The zero-order valence-corrected chi connectivity index (χ0v) is 12.7. The van der Waals surface area contributed by atoms with Crippen LogP contribution in [0.15, 0.2) is 15.8 Å². The van der Waals surface area contributed by atoms with Gasteiger partial charge in [-0.1, -0.05) is 13.8 Å². The van der Waals surface area contributed by atoms with Crippen molar-refractivity contribution in [3.05, 3.63) is 32.6 Å². The van der Waals surface area contributed by atoms with Crippen molar-refractivity contribution in [1.82, 2.24) is 9.55 Å². The third-order valence-electron chi connectivity index (χ3n) is 3.52. The van der Waals surface area contributed by atoms with Gasteiger partial charge in [-0.2, -0.15) is 0 Å². The van der Waals surface area contributed by atoms with Crippen molar-refractivity contribution in [1.29, 1.82) is 0 Å². The highest BCUT2D eigenvalue weighted by atomic mass is 16.6. The molecule has 0 aliphatic carbocycles. The average Bonchev–Trinajstić information content (AvgIpc) is 2.81. The maximum atomic E-state index is 11.8. The van der Waals surface area contributed by atoms with Crippen molar-refractivity contribution in [3.8, 4) is 0 Å². The zero-order chi connectivity index (χ0) is 16.4. The molecule has 0 bridgehead atoms. The fraction of sp³-hybridized carbons (Fsp3) is 0.643. The van der Waals surface area contributed by atoms with Gasteiger partial charge in [-0.3, -0.25) is 19.1 Å². The largest absolute Gasteiger partial charge is 0.463 e. The lowest BCUT2D eigenvalue weighted by Gasteiger charge is -2.17. The molecule has 0 radical (unpaired) electrons. The van der Waals surface area contributed by atoms with Gasteiger partial charge in [0.1, 0.15) is 18.9 Å². The number of H-pyrrole nitrogens is 1. The Labute approximate surface area is 126 Å². The van der Waals surface area contributed by atoms with Crippen LogP contribution in [0.3, 0.4) is 0 Å². The summed E-state index contributed by atoms with van der Waals surface area (Å²) in [6.45, 7) is 4.91. The second kappa shape index (κ2) is 6.45. The maximum absolute atomic E-state index is 11.8. The number of hydrogen-bond acceptors (Lipinski definition) is 6. The van der Waals surface area contributed by atoms with Gasteiger partial charge in [-0.15, -0.1) is 0 Å². The van der Waals surface area contributed by atoms with Crippen LogP contribution >= 0.6 is 0 Å². The molecule has 122 valence electrons. The zero-order valence-electron chi connectivity index (χ0n) is 12.7. The molecule has 1 aliphatic rings. The number of aliphatic hydroxyl groups is 1. The molecule has 3 atom stereocenters. The molecule has 0 amide bonds. The van der Waals surface area contributed by atoms with Gasteiger partial charge in [0, 0.05) is 18.2 Å². The summed E-state index contributed by atoms with van der Waals surface area (Å²) in [7, 11) is 0. The van der Waals surface area contributed by atoms with Crippen LogP contribution in [-0.2, 0) is 14.3 Å². The molecule has 8 nitrogen and oxygen atoms in total. The highest BCUT2D eigenvalue weighted by molar-refractivity contribution is 5.71. The Morgan fingerprint density at radius 2 is 2.23 bits per heavy atom. The molecule has 0 aromatic carbocycles. The molecule has 1 fully saturated rings. The third kappa shape index (κ3) is 3.45. The van der Waals surface area contributed by atoms with Crippen molar-refractivity contribution in [3.63, 3.8) is 0 Å². The fourth-order valence-electron chi connectivity index (χ4n) is 2.17. The van der Waals surface area contributed by atoms with Crippen molar-refractivity contribution < 1.29 is 19.4 Å². The molecule has 2 rings (SSSR count). The molecule has 1 aromatic rings. The molecule has 0 unspecified atom stereocenters. The van der Waals surface area contributed by atoms with Crippen molar-refractivity contribution >= 4 is 5.97 Å². The van der Waals surface area contributed by atoms with E-state index in [-0.39, 0.29) is 24.9 Å². The molecule has 0 saturated carbocycles. The molecular formula is C14H20N2O6. The van der Waals surface area contributed by atoms with Crippen molar-refractivity contribution in [2.24, 2.45) is 5.92 Å². The van der Waals surface area contributed by atoms with Crippen LogP contribution in [0, 0.1) is 12.8 Å². The first-order chi connectivity index (χ1) is 10.3. The van der Waals surface area contributed by atoms with Gasteiger partial charge >= 0.3 is 11.7 Å². The van der Waals surface area contributed by atoms with Crippen LogP contribution in [0.5, 0.6) is 0 Å². The molecular weight excluding hydrogens is 292 g/mol. The number of nitrogens with one attached hydrogen (secondary N) is 1. The summed E-state index contributed by atoms with van der Waals surface area (Å²) in [6, 6.07) is 0. The first-order valence-corrected chi connectivity index (χ1v) is 7.11. The molecule has 1 saturated heterocycles. The van der Waals surface area contributed by atoms with Crippen molar-refractivity contribution in [2.45, 2.75) is 45.6 Å². The Morgan fingerprint density at radius 3 is 2.86 bits per heavy atom. The highest BCUT2D eigenvalue weighted by Gasteiger charge is 2.36. The lowest BCUT2D eigenvalue weighted by Crippen LogP contribution is -2.33. The Morgan fingerprint density at radius 1 is 1.55 bits per heavy atom. The Kier molecular flexibility index (Phi) is 4.82. The van der Waals surface area contributed by atoms with E-state index >= 15 is 0 Å². The van der Waals surface area contributed by atoms with Crippen LogP contribution in [0.4, 0.5) is 0 Å². The van der Waals surface area contributed by atoms with Gasteiger partial charge in [0.2, 0.25) is 0 Å². The van der Waals surface area contributed by atoms with E-state index < -0.39 is 29.7 Å². The monoisotopic (exact) mass is 312 g/mol. The molecule has 2 heterocycles. The van der Waals surface area contributed by atoms with E-state index in [1.807, 2.05) is 0 Å². The van der Waals surface area contributed by atoms with E-state index in [4.69, 9.17) is 9.47 Å². The van der Waals surface area contributed by atoms with Crippen LogP contribution in [0.2, 0.25) is 0 Å². The summed E-state index contributed by atoms with van der Waals surface area (Å²) in [4.78, 5) is 36.8. The van der Waals surface area contributed by atoms with Crippen LogP contribution in [-0.4, -0.2) is 39.4 Å². The predicted molar refractivity (Wildman–Crippen MR) is 76.4 cm³/mol. The molecule has 8 heteroatoms. The van der Waals surface area contributed by atoms with Gasteiger partial charge in [-0.25, -0.2) is 4.79 Å². The van der Waals surface area contributed by atoms with Gasteiger partial charge in [0.15, 0.2) is 0 Å². The molecule has 2 N–H and O–H groups in total. The SMILES string of the molecule is Cc1cn([C@H]2C[C@H](O)[C@@H](COC(=O)C(C)C)O2)c(=O)[nH]c1=O. The number of aromatic amines is 1. The number of carbonyl (C=O) groups is 1. The summed E-state index contributed by atoms with van der Waals surface area (Å²) >= 11 is 0. The standard InChI is InChI=1S/C14H20N2O6/c1-7(2)13(19)21-6-10-9(17)4-11(22-10)16-5-8(3)12(18)15-14(16)20/h5,7,9-11,17H,4,6H2,1-3H3,(H,15,18,20)/t9-,10+,11+/m0/s1. The normalized spacial score (nSPS) is 24.7. The van der Waals surface area contributed by atoms with E-state index in [0.717, 1.165) is 0 Å². The first kappa shape index (κ1) is 16.4. The summed E-state index contributed by atoms with van der Waals surface area (Å²) < 4.78 is 11.9. The molecule has 1 aromatic heterocycles. The lowest BCUT2D eigenvalue weighted by molar-refractivity contribution is -0.153. The van der Waals surface area contributed by atoms with E-state index in [1.165, 1.54) is 10.8 Å². The van der Waals surface area contributed by atoms with E-state index in [9.17, 15) is 19.5 Å². The first-order valence-electron chi connectivity index (χ1n) is 7.11. The Hall–Kier alpha value is -1.93. The minimum atomic E-state index is -0.857. The number of ether oxygens (including phenoxy) is 2. The van der Waals surface area contributed by atoms with E-state index in [2.05, 4.69) is 4.98 Å². The van der Waals surface area contributed by atoms with E-state index in [1.54, 1.807) is 20.8 Å². The number of aromatic nitrogens is 2. The number of rotatable bonds is 4. The minimum Gasteiger partial charge on any atom is -0.463 e. The summed E-state index contributed by atoms with van der Waals surface area (Å²) in [5, 5.41) is 9.98. The van der Waals surface area contributed by atoms with Crippen LogP contribution in [0.1, 0.15) is 32.1 Å². The van der Waals surface area contributed by atoms with Gasteiger partial charge in [0.05, 0.1) is 12.0 Å². The van der Waals surface area contributed by atoms with Crippen molar-refractivity contribution in [2.75, 3.05) is 6.61 Å². The topological polar surface area (TPSA) is 111 Å². The lowest BCUT2D eigenvalue weighted by atomic mass is 10.2. The summed E-state index contributed by atoms with van der Waals surface area (Å²) in [5.74, 6) is -0.643. The highest BCUT2D eigenvalue weighted by Crippen LogP contribution is 2.27. The molecule has 1 aliphatic heterocycles. The van der Waals surface area contributed by atoms with Crippen LogP contribution < -0.4 is 11.2 Å². The van der Waals surface area contributed by atoms with Gasteiger partial charge in [0.25, 0.3) is 5.56 Å². The third-order valence-corrected chi connectivity index (χ3v) is 3.52. The number of aryl methyl sites for hydroxylation is 1. The number of esters is 1. The minimum absolute atomic E-state index is 0.0776. The Balaban J connectivity index is 2.08. The second-order valence-electron chi connectivity index (χ2n) is 5.70. The number of aliphatic hydroxyl groups excluding tert-OH is 1. The maximum Gasteiger partial charge on any atom is 0.330 e.